The van der Waals surface area contributed by atoms with E-state index < -0.39 is 17.8 Å². The lowest BCUT2D eigenvalue weighted by Gasteiger charge is -2.11. The topological polar surface area (TPSA) is 75.6 Å². The van der Waals surface area contributed by atoms with E-state index >= 15 is 0 Å². The monoisotopic (exact) mass is 301 g/mol. The van der Waals surface area contributed by atoms with Crippen LogP contribution in [0.2, 0.25) is 0 Å². The fourth-order valence-corrected chi connectivity index (χ4v) is 1.89. The fraction of sp³-hybridized carbons (Fsp3) is 0.273. The zero-order valence-electron chi connectivity index (χ0n) is 9.36. The molecule has 0 saturated carbocycles. The lowest BCUT2D eigenvalue weighted by molar-refractivity contribution is -0.137. The van der Waals surface area contributed by atoms with E-state index in [0.29, 0.717) is 15.8 Å². The van der Waals surface area contributed by atoms with Gasteiger partial charge in [-0.1, -0.05) is 0 Å². The number of aliphatic carboxylic acids is 1. The number of carboxylic acids is 1. The third-order valence-electron chi connectivity index (χ3n) is 2.23. The van der Waals surface area contributed by atoms with Crippen molar-refractivity contribution in [3.63, 3.8) is 0 Å². The molecule has 0 aliphatic carbocycles. The number of carboxylic acid groups (broad SMARTS) is 1. The molecule has 0 spiro atoms. The molecule has 0 fully saturated rings. The van der Waals surface area contributed by atoms with E-state index in [1.807, 2.05) is 0 Å². The number of rotatable bonds is 5. The van der Waals surface area contributed by atoms with E-state index in [1.165, 1.54) is 26.3 Å². The van der Waals surface area contributed by atoms with Gasteiger partial charge in [0.05, 0.1) is 11.6 Å². The highest BCUT2D eigenvalue weighted by molar-refractivity contribution is 9.10. The second-order valence-corrected chi connectivity index (χ2v) is 4.13. The van der Waals surface area contributed by atoms with Gasteiger partial charge < -0.3 is 15.2 Å². The van der Waals surface area contributed by atoms with E-state index in [1.54, 1.807) is 6.07 Å². The first-order valence-electron chi connectivity index (χ1n) is 4.79. The Kier molecular flexibility index (Phi) is 4.65. The maximum Gasteiger partial charge on any atom is 0.328 e. The molecule has 0 aromatic heterocycles. The zero-order chi connectivity index (χ0) is 13.0. The van der Waals surface area contributed by atoms with Crippen LogP contribution in [-0.2, 0) is 4.79 Å². The van der Waals surface area contributed by atoms with Crippen molar-refractivity contribution in [2.45, 2.75) is 6.04 Å². The number of likely N-dealkylation sites (N-methyl/N-ethyl adjacent to an activating group) is 1. The molecule has 1 aromatic carbocycles. The number of benzene rings is 1. The summed E-state index contributed by atoms with van der Waals surface area (Å²) in [6.07, 6.45) is 0. The molecule has 0 radical (unpaired) electrons. The van der Waals surface area contributed by atoms with Gasteiger partial charge in [0.2, 0.25) is 0 Å². The maximum atomic E-state index is 11.9. The van der Waals surface area contributed by atoms with Crippen molar-refractivity contribution in [1.82, 2.24) is 5.32 Å². The summed E-state index contributed by atoms with van der Waals surface area (Å²) >= 11 is 3.24. The average Bonchev–Trinajstić information content (AvgIpc) is 2.29. The van der Waals surface area contributed by atoms with Gasteiger partial charge in [-0.05, 0) is 41.2 Å². The summed E-state index contributed by atoms with van der Waals surface area (Å²) in [6.45, 7) is 0. The molecule has 0 aliphatic heterocycles. The van der Waals surface area contributed by atoms with Crippen LogP contribution in [-0.4, -0.2) is 37.1 Å². The molecular weight excluding hydrogens is 290 g/mol. The lowest BCUT2D eigenvalue weighted by atomic mass is 10.0. The number of Topliss-reactive ketones (excluding diaryl/α,β-unsaturated/α-hetero) is 1. The molecule has 1 aromatic rings. The standard InChI is InChI=1S/C11H12BrNO4/c1-13-9(11(15)16)10(14)6-3-4-8(17-2)7(12)5-6/h3-5,9,13H,1-2H3,(H,15,16). The van der Waals surface area contributed by atoms with Gasteiger partial charge in [-0.25, -0.2) is 0 Å². The van der Waals surface area contributed by atoms with Crippen LogP contribution in [0.4, 0.5) is 0 Å². The number of hydrogen-bond acceptors (Lipinski definition) is 4. The van der Waals surface area contributed by atoms with Gasteiger partial charge in [0.25, 0.3) is 0 Å². The van der Waals surface area contributed by atoms with Gasteiger partial charge in [-0.3, -0.25) is 9.59 Å². The Morgan fingerprint density at radius 1 is 1.47 bits per heavy atom. The van der Waals surface area contributed by atoms with Gasteiger partial charge in [-0.2, -0.15) is 0 Å². The molecule has 0 amide bonds. The molecule has 0 heterocycles. The molecule has 92 valence electrons. The number of halogens is 1. The summed E-state index contributed by atoms with van der Waals surface area (Å²) in [7, 11) is 2.94. The molecule has 1 unspecified atom stereocenters. The second-order valence-electron chi connectivity index (χ2n) is 3.27. The molecular formula is C11H12BrNO4. The van der Waals surface area contributed by atoms with E-state index in [2.05, 4.69) is 21.2 Å². The molecule has 5 nitrogen and oxygen atoms in total. The van der Waals surface area contributed by atoms with Crippen molar-refractivity contribution in [2.24, 2.45) is 0 Å². The Balaban J connectivity index is 3.04. The van der Waals surface area contributed by atoms with Crippen LogP contribution in [0, 0.1) is 0 Å². The number of ether oxygens (including phenoxy) is 1. The van der Waals surface area contributed by atoms with Gasteiger partial charge in [0, 0.05) is 5.56 Å². The smallest absolute Gasteiger partial charge is 0.328 e. The number of ketones is 1. The Morgan fingerprint density at radius 2 is 2.12 bits per heavy atom. The summed E-state index contributed by atoms with van der Waals surface area (Å²) < 4.78 is 5.63. The highest BCUT2D eigenvalue weighted by Crippen LogP contribution is 2.25. The SMILES string of the molecule is CNC(C(=O)O)C(=O)c1ccc(OC)c(Br)c1. The third-order valence-corrected chi connectivity index (χ3v) is 2.85. The average molecular weight is 302 g/mol. The summed E-state index contributed by atoms with van der Waals surface area (Å²) in [5.74, 6) is -1.12. The first kappa shape index (κ1) is 13.7. The molecule has 6 heteroatoms. The second kappa shape index (κ2) is 5.79. The van der Waals surface area contributed by atoms with Crippen molar-refractivity contribution >= 4 is 27.7 Å². The van der Waals surface area contributed by atoms with Crippen molar-refractivity contribution < 1.29 is 19.4 Å². The first-order chi connectivity index (χ1) is 8.01. The van der Waals surface area contributed by atoms with Gasteiger partial charge in [0.1, 0.15) is 5.75 Å². The molecule has 0 saturated heterocycles. The van der Waals surface area contributed by atoms with Crippen molar-refractivity contribution in [2.75, 3.05) is 14.2 Å². The van der Waals surface area contributed by atoms with Crippen LogP contribution >= 0.6 is 15.9 Å². The van der Waals surface area contributed by atoms with Crippen molar-refractivity contribution in [3.8, 4) is 5.75 Å². The largest absolute Gasteiger partial charge is 0.496 e. The summed E-state index contributed by atoms with van der Waals surface area (Å²) in [5, 5.41) is 11.3. The summed E-state index contributed by atoms with van der Waals surface area (Å²) in [5.41, 5.74) is 0.305. The van der Waals surface area contributed by atoms with Gasteiger partial charge in [-0.15, -0.1) is 0 Å². The Labute approximate surface area is 107 Å². The molecule has 17 heavy (non-hydrogen) atoms. The van der Waals surface area contributed by atoms with E-state index in [0.717, 1.165) is 0 Å². The van der Waals surface area contributed by atoms with Crippen LogP contribution in [0.1, 0.15) is 10.4 Å². The molecule has 1 rings (SSSR count). The number of carbonyl (C=O) groups excluding carboxylic acids is 1. The summed E-state index contributed by atoms with van der Waals surface area (Å²) in [4.78, 5) is 22.7. The van der Waals surface area contributed by atoms with Crippen LogP contribution in [0.3, 0.4) is 0 Å². The first-order valence-corrected chi connectivity index (χ1v) is 5.58. The minimum atomic E-state index is -1.24. The van der Waals surface area contributed by atoms with E-state index in [-0.39, 0.29) is 0 Å². The van der Waals surface area contributed by atoms with Gasteiger partial charge in [0.15, 0.2) is 11.8 Å². The van der Waals surface area contributed by atoms with E-state index in [9.17, 15) is 9.59 Å². The van der Waals surface area contributed by atoms with Crippen molar-refractivity contribution in [1.29, 1.82) is 0 Å². The van der Waals surface area contributed by atoms with Crippen LogP contribution in [0.15, 0.2) is 22.7 Å². The van der Waals surface area contributed by atoms with Crippen LogP contribution < -0.4 is 10.1 Å². The zero-order valence-corrected chi connectivity index (χ0v) is 10.9. The quantitative estimate of drug-likeness (QED) is 0.633. The normalized spacial score (nSPS) is 11.9. The third kappa shape index (κ3) is 3.04. The van der Waals surface area contributed by atoms with E-state index in [4.69, 9.17) is 9.84 Å². The molecule has 2 N–H and O–H groups in total. The minimum absolute atomic E-state index is 0.305. The number of carbonyl (C=O) groups is 2. The number of nitrogens with one attached hydrogen (secondary N) is 1. The number of hydrogen-bond donors (Lipinski definition) is 2. The predicted octanol–water partition coefficient (Wildman–Crippen LogP) is 1.31. The van der Waals surface area contributed by atoms with Crippen LogP contribution in [0.5, 0.6) is 5.75 Å². The van der Waals surface area contributed by atoms with Crippen LogP contribution in [0.25, 0.3) is 0 Å². The fourth-order valence-electron chi connectivity index (χ4n) is 1.35. The van der Waals surface area contributed by atoms with Gasteiger partial charge >= 0.3 is 5.97 Å². The Morgan fingerprint density at radius 3 is 2.53 bits per heavy atom. The van der Waals surface area contributed by atoms with Crippen molar-refractivity contribution in [3.05, 3.63) is 28.2 Å². The molecule has 1 atom stereocenters. The maximum absolute atomic E-state index is 11.9. The predicted molar refractivity (Wildman–Crippen MR) is 65.5 cm³/mol. The highest BCUT2D eigenvalue weighted by Gasteiger charge is 2.25. The lowest BCUT2D eigenvalue weighted by Crippen LogP contribution is -2.41. The molecule has 0 aliphatic rings. The number of methoxy groups -OCH3 is 1. The Hall–Kier alpha value is -1.40. The molecule has 0 bridgehead atoms. The Bertz CT molecular complexity index is 447. The summed E-state index contributed by atoms with van der Waals surface area (Å²) in [6, 6.07) is 3.43. The highest BCUT2D eigenvalue weighted by atomic mass is 79.9. The minimum Gasteiger partial charge on any atom is -0.496 e.